The third-order valence-electron chi connectivity index (χ3n) is 3.58. The minimum atomic E-state index is 0.191. The number of hydrogen-bond donors (Lipinski definition) is 2. The Kier molecular flexibility index (Phi) is 5.98. The molecule has 1 atom stereocenters. The molecule has 0 radical (unpaired) electrons. The summed E-state index contributed by atoms with van der Waals surface area (Å²) in [7, 11) is 0. The summed E-state index contributed by atoms with van der Waals surface area (Å²) in [6.07, 6.45) is 0. The third kappa shape index (κ3) is 4.55. The number of benzene rings is 2. The Morgan fingerprint density at radius 2 is 1.68 bits per heavy atom. The molecule has 0 aromatic heterocycles. The first-order valence-electron chi connectivity index (χ1n) is 7.36. The van der Waals surface area contributed by atoms with Crippen LogP contribution >= 0.6 is 28.1 Å². The van der Waals surface area contributed by atoms with Crippen molar-refractivity contribution in [2.75, 3.05) is 5.32 Å². The SMILES string of the molecule is Cc1ccccc1[C@@H](NC(=S)Nc1ccc(Br)cc1)C(C)C. The number of thiocarbonyl (C=S) groups is 1. The van der Waals surface area contributed by atoms with E-state index < -0.39 is 0 Å². The van der Waals surface area contributed by atoms with E-state index in [2.05, 4.69) is 71.6 Å². The fraction of sp³-hybridized carbons (Fsp3) is 0.278. The first kappa shape index (κ1) is 17.0. The molecule has 22 heavy (non-hydrogen) atoms. The van der Waals surface area contributed by atoms with Gasteiger partial charge in [0.2, 0.25) is 0 Å². The highest BCUT2D eigenvalue weighted by Crippen LogP contribution is 2.24. The van der Waals surface area contributed by atoms with Crippen molar-refractivity contribution in [2.24, 2.45) is 5.92 Å². The van der Waals surface area contributed by atoms with Gasteiger partial charge in [-0.25, -0.2) is 0 Å². The molecular formula is C18H21BrN2S. The monoisotopic (exact) mass is 376 g/mol. The van der Waals surface area contributed by atoms with Gasteiger partial charge in [0, 0.05) is 10.2 Å². The van der Waals surface area contributed by atoms with E-state index in [4.69, 9.17) is 12.2 Å². The van der Waals surface area contributed by atoms with E-state index >= 15 is 0 Å². The molecule has 0 heterocycles. The van der Waals surface area contributed by atoms with E-state index in [-0.39, 0.29) is 6.04 Å². The quantitative estimate of drug-likeness (QED) is 0.694. The van der Waals surface area contributed by atoms with Crippen LogP contribution in [0.15, 0.2) is 53.0 Å². The highest BCUT2D eigenvalue weighted by Gasteiger charge is 2.18. The van der Waals surface area contributed by atoms with Gasteiger partial charge in [-0.3, -0.25) is 0 Å². The zero-order valence-electron chi connectivity index (χ0n) is 13.1. The lowest BCUT2D eigenvalue weighted by molar-refractivity contribution is 0.471. The van der Waals surface area contributed by atoms with Crippen LogP contribution in [0.3, 0.4) is 0 Å². The van der Waals surface area contributed by atoms with E-state index in [1.807, 2.05) is 24.3 Å². The Balaban J connectivity index is 2.10. The Morgan fingerprint density at radius 3 is 2.27 bits per heavy atom. The summed E-state index contributed by atoms with van der Waals surface area (Å²) in [5, 5.41) is 7.33. The smallest absolute Gasteiger partial charge is 0.171 e. The van der Waals surface area contributed by atoms with Gasteiger partial charge in [0.25, 0.3) is 0 Å². The summed E-state index contributed by atoms with van der Waals surface area (Å²) in [6.45, 7) is 6.54. The van der Waals surface area contributed by atoms with Gasteiger partial charge in [0.1, 0.15) is 0 Å². The lowest BCUT2D eigenvalue weighted by Crippen LogP contribution is -2.35. The first-order chi connectivity index (χ1) is 10.5. The van der Waals surface area contributed by atoms with E-state index in [0.717, 1.165) is 10.2 Å². The normalized spacial score (nSPS) is 12.0. The number of hydrogen-bond acceptors (Lipinski definition) is 1. The van der Waals surface area contributed by atoms with E-state index in [9.17, 15) is 0 Å². The molecule has 0 fully saturated rings. The molecule has 0 unspecified atom stereocenters. The van der Waals surface area contributed by atoms with Crippen molar-refractivity contribution in [3.8, 4) is 0 Å². The summed E-state index contributed by atoms with van der Waals surface area (Å²) >= 11 is 8.91. The van der Waals surface area contributed by atoms with Gasteiger partial charge in [-0.1, -0.05) is 54.0 Å². The third-order valence-corrected chi connectivity index (χ3v) is 4.33. The molecule has 2 nitrogen and oxygen atoms in total. The van der Waals surface area contributed by atoms with Crippen molar-refractivity contribution in [2.45, 2.75) is 26.8 Å². The van der Waals surface area contributed by atoms with Gasteiger partial charge in [-0.2, -0.15) is 0 Å². The predicted octanol–water partition coefficient (Wildman–Crippen LogP) is 5.44. The van der Waals surface area contributed by atoms with Crippen LogP contribution in [0, 0.1) is 12.8 Å². The number of anilines is 1. The summed E-state index contributed by atoms with van der Waals surface area (Å²) in [4.78, 5) is 0. The van der Waals surface area contributed by atoms with Gasteiger partial charge < -0.3 is 10.6 Å². The fourth-order valence-electron chi connectivity index (χ4n) is 2.38. The highest BCUT2D eigenvalue weighted by molar-refractivity contribution is 9.10. The summed E-state index contributed by atoms with van der Waals surface area (Å²) in [5.41, 5.74) is 3.55. The Morgan fingerprint density at radius 1 is 1.05 bits per heavy atom. The lowest BCUT2D eigenvalue weighted by Gasteiger charge is -2.26. The van der Waals surface area contributed by atoms with Crippen molar-refractivity contribution < 1.29 is 0 Å². The summed E-state index contributed by atoms with van der Waals surface area (Å²) < 4.78 is 1.05. The predicted molar refractivity (Wildman–Crippen MR) is 102 cm³/mol. The van der Waals surface area contributed by atoms with Crippen LogP contribution in [-0.4, -0.2) is 5.11 Å². The molecular weight excluding hydrogens is 356 g/mol. The minimum Gasteiger partial charge on any atom is -0.355 e. The number of nitrogens with one attached hydrogen (secondary N) is 2. The number of halogens is 1. The molecule has 2 aromatic rings. The molecule has 2 rings (SSSR count). The second-order valence-electron chi connectivity index (χ2n) is 5.68. The molecule has 0 aliphatic heterocycles. The average Bonchev–Trinajstić information content (AvgIpc) is 2.48. The molecule has 0 saturated carbocycles. The molecule has 4 heteroatoms. The number of rotatable bonds is 4. The van der Waals surface area contributed by atoms with Crippen LogP contribution in [0.2, 0.25) is 0 Å². The van der Waals surface area contributed by atoms with E-state index in [1.54, 1.807) is 0 Å². The van der Waals surface area contributed by atoms with Crippen LogP contribution in [0.4, 0.5) is 5.69 Å². The maximum atomic E-state index is 5.47. The van der Waals surface area contributed by atoms with Gasteiger partial charge in [0.05, 0.1) is 6.04 Å². The van der Waals surface area contributed by atoms with Crippen molar-refractivity contribution in [1.29, 1.82) is 0 Å². The van der Waals surface area contributed by atoms with Crippen LogP contribution in [0.1, 0.15) is 31.0 Å². The second kappa shape index (κ2) is 7.75. The zero-order chi connectivity index (χ0) is 16.1. The molecule has 0 saturated heterocycles. The largest absolute Gasteiger partial charge is 0.355 e. The van der Waals surface area contributed by atoms with Crippen LogP contribution < -0.4 is 10.6 Å². The molecule has 2 aromatic carbocycles. The van der Waals surface area contributed by atoms with Crippen molar-refractivity contribution >= 4 is 38.9 Å². The standard InChI is InChI=1S/C18H21BrN2S/c1-12(2)17(16-7-5-4-6-13(16)3)21-18(22)20-15-10-8-14(19)9-11-15/h4-12,17H,1-3H3,(H2,20,21,22)/t17-/m0/s1. The maximum absolute atomic E-state index is 5.47. The molecule has 2 N–H and O–H groups in total. The summed E-state index contributed by atoms with van der Waals surface area (Å²) in [6, 6.07) is 16.6. The first-order valence-corrected chi connectivity index (χ1v) is 8.56. The molecule has 0 bridgehead atoms. The zero-order valence-corrected chi connectivity index (χ0v) is 15.5. The van der Waals surface area contributed by atoms with Crippen molar-refractivity contribution in [3.05, 3.63) is 64.1 Å². The number of aryl methyl sites for hydroxylation is 1. The topological polar surface area (TPSA) is 24.1 Å². The average molecular weight is 377 g/mol. The van der Waals surface area contributed by atoms with Gasteiger partial charge in [-0.05, 0) is 60.5 Å². The molecule has 0 aliphatic rings. The van der Waals surface area contributed by atoms with Crippen LogP contribution in [0.5, 0.6) is 0 Å². The van der Waals surface area contributed by atoms with Crippen LogP contribution in [0.25, 0.3) is 0 Å². The minimum absolute atomic E-state index is 0.191. The van der Waals surface area contributed by atoms with Crippen LogP contribution in [-0.2, 0) is 0 Å². The second-order valence-corrected chi connectivity index (χ2v) is 7.01. The molecule has 0 aliphatic carbocycles. The highest BCUT2D eigenvalue weighted by atomic mass is 79.9. The Bertz CT molecular complexity index is 638. The Hall–Kier alpha value is -1.39. The molecule has 116 valence electrons. The van der Waals surface area contributed by atoms with E-state index in [0.29, 0.717) is 11.0 Å². The van der Waals surface area contributed by atoms with E-state index in [1.165, 1.54) is 11.1 Å². The van der Waals surface area contributed by atoms with Crippen molar-refractivity contribution in [1.82, 2.24) is 5.32 Å². The lowest BCUT2D eigenvalue weighted by atomic mass is 9.93. The van der Waals surface area contributed by atoms with Gasteiger partial charge in [-0.15, -0.1) is 0 Å². The summed E-state index contributed by atoms with van der Waals surface area (Å²) in [5.74, 6) is 0.436. The fourth-order valence-corrected chi connectivity index (χ4v) is 2.89. The van der Waals surface area contributed by atoms with Gasteiger partial charge >= 0.3 is 0 Å². The Labute approximate surface area is 146 Å². The van der Waals surface area contributed by atoms with Gasteiger partial charge in [0.15, 0.2) is 5.11 Å². The molecule has 0 amide bonds. The van der Waals surface area contributed by atoms with Crippen molar-refractivity contribution in [3.63, 3.8) is 0 Å². The maximum Gasteiger partial charge on any atom is 0.171 e. The molecule has 0 spiro atoms.